The first-order valence-electron chi connectivity index (χ1n) is 7.55. The second-order valence-electron chi connectivity index (χ2n) is 5.59. The van der Waals surface area contributed by atoms with E-state index in [4.69, 9.17) is 4.74 Å². The zero-order valence-electron chi connectivity index (χ0n) is 13.5. The zero-order chi connectivity index (χ0) is 16.8. The maximum Gasteiger partial charge on any atom is 0.260 e. The molecule has 2 rings (SSSR count). The predicted molar refractivity (Wildman–Crippen MR) is 92.2 cm³/mol. The molecule has 1 aromatic heterocycles. The number of benzene rings is 1. The minimum atomic E-state index is -0.623. The van der Waals surface area contributed by atoms with E-state index in [9.17, 15) is 9.59 Å². The lowest BCUT2D eigenvalue weighted by Gasteiger charge is -2.18. The van der Waals surface area contributed by atoms with Crippen LogP contribution in [0, 0.1) is 0 Å². The first-order chi connectivity index (χ1) is 11.0. The lowest BCUT2D eigenvalue weighted by atomic mass is 10.1. The molecule has 23 heavy (non-hydrogen) atoms. The molecule has 0 radical (unpaired) electrons. The number of ketones is 1. The van der Waals surface area contributed by atoms with Crippen molar-refractivity contribution in [3.05, 3.63) is 52.2 Å². The number of nitrogens with one attached hydrogen (secondary N) is 1. The summed E-state index contributed by atoms with van der Waals surface area (Å²) < 4.78 is 5.64. The molecule has 5 heteroatoms. The van der Waals surface area contributed by atoms with Crippen LogP contribution in [0.3, 0.4) is 0 Å². The smallest absolute Gasteiger partial charge is 0.260 e. The summed E-state index contributed by atoms with van der Waals surface area (Å²) in [6, 6.07) is 8.96. The van der Waals surface area contributed by atoms with Gasteiger partial charge < -0.3 is 10.1 Å². The van der Waals surface area contributed by atoms with E-state index in [1.54, 1.807) is 42.5 Å². The van der Waals surface area contributed by atoms with Gasteiger partial charge in [-0.2, -0.15) is 11.3 Å². The minimum Gasteiger partial charge on any atom is -0.481 e. The normalized spacial score (nSPS) is 13.2. The van der Waals surface area contributed by atoms with Crippen LogP contribution < -0.4 is 10.1 Å². The molecule has 1 amide bonds. The molecule has 0 saturated carbocycles. The Kier molecular flexibility index (Phi) is 5.93. The molecule has 0 aliphatic heterocycles. The molecule has 0 saturated heterocycles. The van der Waals surface area contributed by atoms with Crippen LogP contribution in [-0.4, -0.2) is 23.8 Å². The summed E-state index contributed by atoms with van der Waals surface area (Å²) >= 11 is 1.65. The molecular weight excluding hydrogens is 310 g/mol. The Labute approximate surface area is 140 Å². The second-order valence-corrected chi connectivity index (χ2v) is 6.37. The Morgan fingerprint density at radius 3 is 2.70 bits per heavy atom. The summed E-state index contributed by atoms with van der Waals surface area (Å²) in [4.78, 5) is 23.6. The van der Waals surface area contributed by atoms with Crippen LogP contribution in [0.5, 0.6) is 5.75 Å². The molecule has 4 nitrogen and oxygen atoms in total. The Hall–Kier alpha value is -2.14. The van der Waals surface area contributed by atoms with Gasteiger partial charge in [0.2, 0.25) is 0 Å². The van der Waals surface area contributed by atoms with Gasteiger partial charge in [-0.3, -0.25) is 9.59 Å². The second kappa shape index (κ2) is 7.92. The van der Waals surface area contributed by atoms with Crippen molar-refractivity contribution in [1.82, 2.24) is 5.32 Å². The maximum absolute atomic E-state index is 12.2. The monoisotopic (exact) mass is 331 g/mol. The fourth-order valence-electron chi connectivity index (χ4n) is 2.22. The quantitative estimate of drug-likeness (QED) is 0.791. The minimum absolute atomic E-state index is 0.0306. The molecule has 1 N–H and O–H groups in total. The molecular formula is C18H21NO3S. The predicted octanol–water partition coefficient (Wildman–Crippen LogP) is 3.47. The van der Waals surface area contributed by atoms with Crippen LogP contribution in [0.4, 0.5) is 0 Å². The number of thiophene rings is 1. The number of hydrogen-bond donors (Lipinski definition) is 1. The van der Waals surface area contributed by atoms with Gasteiger partial charge in [-0.25, -0.2) is 0 Å². The number of hydrogen-bond acceptors (Lipinski definition) is 4. The third-order valence-electron chi connectivity index (χ3n) is 3.43. The van der Waals surface area contributed by atoms with E-state index in [-0.39, 0.29) is 17.7 Å². The summed E-state index contributed by atoms with van der Waals surface area (Å²) in [6.45, 7) is 5.17. The van der Waals surface area contributed by atoms with Crippen molar-refractivity contribution in [2.45, 2.75) is 39.3 Å². The van der Waals surface area contributed by atoms with Gasteiger partial charge in [0.25, 0.3) is 5.91 Å². The lowest BCUT2D eigenvalue weighted by molar-refractivity contribution is -0.127. The van der Waals surface area contributed by atoms with E-state index >= 15 is 0 Å². The topological polar surface area (TPSA) is 55.4 Å². The fourth-order valence-corrected chi connectivity index (χ4v) is 2.90. The van der Waals surface area contributed by atoms with Crippen LogP contribution >= 0.6 is 11.3 Å². The summed E-state index contributed by atoms with van der Waals surface area (Å²) in [7, 11) is 0. The molecule has 0 spiro atoms. The average molecular weight is 331 g/mol. The third-order valence-corrected chi connectivity index (χ3v) is 4.17. The van der Waals surface area contributed by atoms with Crippen LogP contribution in [0.2, 0.25) is 0 Å². The molecule has 2 atom stereocenters. The maximum atomic E-state index is 12.2. The SMILES string of the molecule is CC(=O)c1cccc(O[C@@H](C)C(=O)N[C@@H](C)Cc2ccsc2)c1. The summed E-state index contributed by atoms with van der Waals surface area (Å²) in [5, 5.41) is 7.05. The van der Waals surface area contributed by atoms with Gasteiger partial charge in [-0.1, -0.05) is 12.1 Å². The summed E-state index contributed by atoms with van der Waals surface area (Å²) in [5.74, 6) is 0.323. The average Bonchev–Trinajstić information content (AvgIpc) is 3.00. The standard InChI is InChI=1S/C18H21NO3S/c1-12(9-15-7-8-23-11-15)19-18(21)14(3)22-17-6-4-5-16(10-17)13(2)20/h4-8,10-12,14H,9H2,1-3H3,(H,19,21)/t12-,14-/m0/s1. The van der Waals surface area contributed by atoms with Crippen LogP contribution in [0.25, 0.3) is 0 Å². The molecule has 1 heterocycles. The Balaban J connectivity index is 1.89. The van der Waals surface area contributed by atoms with Gasteiger partial charge in [0.05, 0.1) is 0 Å². The highest BCUT2D eigenvalue weighted by molar-refractivity contribution is 7.07. The Bertz CT molecular complexity index is 667. The van der Waals surface area contributed by atoms with Crippen molar-refractivity contribution >= 4 is 23.0 Å². The van der Waals surface area contributed by atoms with Gasteiger partial charge >= 0.3 is 0 Å². The first kappa shape index (κ1) is 17.2. The van der Waals surface area contributed by atoms with E-state index < -0.39 is 6.10 Å². The van der Waals surface area contributed by atoms with Gasteiger partial charge in [0.1, 0.15) is 5.75 Å². The molecule has 122 valence electrons. The van der Waals surface area contributed by atoms with Gasteiger partial charge in [-0.05, 0) is 61.7 Å². The van der Waals surface area contributed by atoms with Crippen molar-refractivity contribution < 1.29 is 14.3 Å². The highest BCUT2D eigenvalue weighted by Crippen LogP contribution is 2.15. The zero-order valence-corrected chi connectivity index (χ0v) is 14.4. The van der Waals surface area contributed by atoms with Crippen LogP contribution in [0.15, 0.2) is 41.1 Å². The highest BCUT2D eigenvalue weighted by Gasteiger charge is 2.17. The molecule has 0 fully saturated rings. The van der Waals surface area contributed by atoms with Crippen molar-refractivity contribution in [2.75, 3.05) is 0 Å². The number of amides is 1. The molecule has 2 aromatic rings. The Morgan fingerprint density at radius 1 is 1.26 bits per heavy atom. The van der Waals surface area contributed by atoms with Gasteiger partial charge in [0.15, 0.2) is 11.9 Å². The van der Waals surface area contributed by atoms with E-state index in [1.807, 2.05) is 12.3 Å². The summed E-state index contributed by atoms with van der Waals surface area (Å²) in [5.41, 5.74) is 1.78. The van der Waals surface area contributed by atoms with Crippen LogP contribution in [0.1, 0.15) is 36.7 Å². The first-order valence-corrected chi connectivity index (χ1v) is 8.49. The number of ether oxygens (including phenoxy) is 1. The van der Waals surface area contributed by atoms with Crippen molar-refractivity contribution in [1.29, 1.82) is 0 Å². The van der Waals surface area contributed by atoms with Gasteiger partial charge in [-0.15, -0.1) is 0 Å². The summed E-state index contributed by atoms with van der Waals surface area (Å²) in [6.07, 6.45) is 0.170. The largest absolute Gasteiger partial charge is 0.481 e. The Morgan fingerprint density at radius 2 is 2.04 bits per heavy atom. The number of carbonyl (C=O) groups excluding carboxylic acids is 2. The van der Waals surface area contributed by atoms with E-state index in [1.165, 1.54) is 12.5 Å². The van der Waals surface area contributed by atoms with Crippen molar-refractivity contribution in [2.24, 2.45) is 0 Å². The molecule has 0 aliphatic carbocycles. The lowest BCUT2D eigenvalue weighted by Crippen LogP contribution is -2.42. The number of Topliss-reactive ketones (excluding diaryl/α,β-unsaturated/α-hetero) is 1. The van der Waals surface area contributed by atoms with Crippen molar-refractivity contribution in [3.8, 4) is 5.75 Å². The van der Waals surface area contributed by atoms with E-state index in [2.05, 4.69) is 16.8 Å². The molecule has 0 aliphatic rings. The molecule has 0 unspecified atom stereocenters. The highest BCUT2D eigenvalue weighted by atomic mass is 32.1. The van der Waals surface area contributed by atoms with E-state index in [0.29, 0.717) is 11.3 Å². The molecule has 0 bridgehead atoms. The van der Waals surface area contributed by atoms with Gasteiger partial charge in [0, 0.05) is 11.6 Å². The molecule has 1 aromatic carbocycles. The van der Waals surface area contributed by atoms with E-state index in [0.717, 1.165) is 6.42 Å². The third kappa shape index (κ3) is 5.21. The van der Waals surface area contributed by atoms with Crippen LogP contribution in [-0.2, 0) is 11.2 Å². The number of carbonyl (C=O) groups is 2. The fraction of sp³-hybridized carbons (Fsp3) is 0.333. The number of rotatable bonds is 7. The van der Waals surface area contributed by atoms with Crippen molar-refractivity contribution in [3.63, 3.8) is 0 Å².